The molecule has 0 spiro atoms. The van der Waals surface area contributed by atoms with Crippen LogP contribution in [-0.4, -0.2) is 77.2 Å². The molecule has 0 radical (unpaired) electrons. The number of anilines is 3. The maximum absolute atomic E-state index is 12.8. The van der Waals surface area contributed by atoms with Gasteiger partial charge in [-0.3, -0.25) is 4.90 Å². The van der Waals surface area contributed by atoms with Crippen LogP contribution in [0.15, 0.2) is 30.5 Å². The predicted molar refractivity (Wildman–Crippen MR) is 151 cm³/mol. The molecule has 1 unspecified atom stereocenters. The SMILES string of the molecule is O=C(Nc1cc(Cl)cc(Cl)c1)N1CCC(N2CCCC(Nc3nccc(N4CCCCCC4)n3)C2)CC1. The number of rotatable bonds is 5. The van der Waals surface area contributed by atoms with Crippen LogP contribution in [0.5, 0.6) is 0 Å². The number of nitrogens with zero attached hydrogens (tertiary/aromatic N) is 5. The molecule has 2 amide bonds. The largest absolute Gasteiger partial charge is 0.356 e. The fourth-order valence-corrected chi connectivity index (χ4v) is 6.32. The summed E-state index contributed by atoms with van der Waals surface area (Å²) in [6.07, 6.45) is 11.2. The van der Waals surface area contributed by atoms with Crippen LogP contribution in [0.1, 0.15) is 51.4 Å². The second-order valence-corrected chi connectivity index (χ2v) is 11.3. The number of aromatic nitrogens is 2. The number of hydrogen-bond donors (Lipinski definition) is 2. The van der Waals surface area contributed by atoms with E-state index in [1.165, 1.54) is 25.7 Å². The van der Waals surface area contributed by atoms with E-state index in [1.54, 1.807) is 18.2 Å². The van der Waals surface area contributed by atoms with E-state index in [0.717, 1.165) is 76.7 Å². The maximum Gasteiger partial charge on any atom is 0.321 e. The minimum Gasteiger partial charge on any atom is -0.356 e. The van der Waals surface area contributed by atoms with Crippen molar-refractivity contribution in [3.63, 3.8) is 0 Å². The molecule has 0 bridgehead atoms. The lowest BCUT2D eigenvalue weighted by Crippen LogP contribution is -2.52. The topological polar surface area (TPSA) is 76.6 Å². The van der Waals surface area contributed by atoms with E-state index >= 15 is 0 Å². The molecule has 2 aromatic rings. The molecule has 3 aliphatic rings. The highest BCUT2D eigenvalue weighted by molar-refractivity contribution is 6.35. The summed E-state index contributed by atoms with van der Waals surface area (Å²) in [5.41, 5.74) is 0.622. The number of likely N-dealkylation sites (tertiary alicyclic amines) is 2. The molecular formula is C27H37Cl2N7O. The zero-order valence-corrected chi connectivity index (χ0v) is 22.9. The van der Waals surface area contributed by atoms with Gasteiger partial charge in [0.1, 0.15) is 5.82 Å². The highest BCUT2D eigenvalue weighted by Gasteiger charge is 2.30. The molecule has 3 aliphatic heterocycles. The number of halogens is 2. The van der Waals surface area contributed by atoms with Gasteiger partial charge >= 0.3 is 6.03 Å². The third-order valence-corrected chi connectivity index (χ3v) is 8.18. The number of hydrogen-bond acceptors (Lipinski definition) is 6. The summed E-state index contributed by atoms with van der Waals surface area (Å²) >= 11 is 12.1. The van der Waals surface area contributed by atoms with Crippen LogP contribution in [0.25, 0.3) is 0 Å². The van der Waals surface area contributed by atoms with Crippen LogP contribution >= 0.6 is 23.2 Å². The molecule has 10 heteroatoms. The molecule has 37 heavy (non-hydrogen) atoms. The Morgan fingerprint density at radius 2 is 1.62 bits per heavy atom. The van der Waals surface area contributed by atoms with Gasteiger partial charge < -0.3 is 20.4 Å². The molecule has 4 heterocycles. The molecule has 3 saturated heterocycles. The van der Waals surface area contributed by atoms with E-state index in [4.69, 9.17) is 28.2 Å². The van der Waals surface area contributed by atoms with Crippen molar-refractivity contribution >= 4 is 46.7 Å². The quantitative estimate of drug-likeness (QED) is 0.499. The van der Waals surface area contributed by atoms with E-state index in [0.29, 0.717) is 27.8 Å². The van der Waals surface area contributed by atoms with Crippen molar-refractivity contribution in [2.24, 2.45) is 0 Å². The van der Waals surface area contributed by atoms with Crippen LogP contribution in [0.2, 0.25) is 10.0 Å². The molecule has 0 saturated carbocycles. The Bertz CT molecular complexity index is 1030. The lowest BCUT2D eigenvalue weighted by Gasteiger charge is -2.42. The minimum absolute atomic E-state index is 0.101. The molecule has 200 valence electrons. The van der Waals surface area contributed by atoms with E-state index < -0.39 is 0 Å². The Morgan fingerprint density at radius 3 is 2.35 bits per heavy atom. The van der Waals surface area contributed by atoms with Crippen molar-refractivity contribution in [3.05, 3.63) is 40.5 Å². The van der Waals surface area contributed by atoms with Crippen LogP contribution in [0.4, 0.5) is 22.2 Å². The Labute approximate surface area is 229 Å². The average Bonchev–Trinajstić information content (AvgIpc) is 3.18. The molecule has 1 aromatic heterocycles. The first-order valence-electron chi connectivity index (χ1n) is 13.6. The van der Waals surface area contributed by atoms with Gasteiger partial charge in [-0.25, -0.2) is 9.78 Å². The second kappa shape index (κ2) is 12.5. The van der Waals surface area contributed by atoms with Gasteiger partial charge in [0, 0.05) is 66.7 Å². The third-order valence-electron chi connectivity index (χ3n) is 7.74. The summed E-state index contributed by atoms with van der Waals surface area (Å²) in [6.45, 7) is 5.72. The number of carbonyl (C=O) groups excluding carboxylic acids is 1. The first-order chi connectivity index (χ1) is 18.0. The summed E-state index contributed by atoms with van der Waals surface area (Å²) in [7, 11) is 0. The molecular weight excluding hydrogens is 509 g/mol. The first-order valence-corrected chi connectivity index (χ1v) is 14.4. The number of carbonyl (C=O) groups is 1. The van der Waals surface area contributed by atoms with Gasteiger partial charge in [-0.05, 0) is 69.3 Å². The van der Waals surface area contributed by atoms with Gasteiger partial charge in [-0.1, -0.05) is 36.0 Å². The van der Waals surface area contributed by atoms with Crippen LogP contribution in [-0.2, 0) is 0 Å². The second-order valence-electron chi connectivity index (χ2n) is 10.4. The normalized spacial score (nSPS) is 21.9. The number of piperidine rings is 2. The lowest BCUT2D eigenvalue weighted by molar-refractivity contribution is 0.0997. The number of nitrogens with one attached hydrogen (secondary N) is 2. The minimum atomic E-state index is -0.101. The van der Waals surface area contributed by atoms with E-state index in [9.17, 15) is 4.79 Å². The van der Waals surface area contributed by atoms with E-state index in [-0.39, 0.29) is 6.03 Å². The van der Waals surface area contributed by atoms with Crippen LogP contribution < -0.4 is 15.5 Å². The smallest absolute Gasteiger partial charge is 0.321 e. The van der Waals surface area contributed by atoms with E-state index in [1.807, 2.05) is 17.2 Å². The Kier molecular flexibility index (Phi) is 8.89. The van der Waals surface area contributed by atoms with Gasteiger partial charge in [-0.15, -0.1) is 0 Å². The van der Waals surface area contributed by atoms with Crippen molar-refractivity contribution < 1.29 is 4.79 Å². The van der Waals surface area contributed by atoms with Gasteiger partial charge in [0.25, 0.3) is 0 Å². The highest BCUT2D eigenvalue weighted by Crippen LogP contribution is 2.26. The van der Waals surface area contributed by atoms with Crippen molar-refractivity contribution in [1.82, 2.24) is 19.8 Å². The van der Waals surface area contributed by atoms with Crippen molar-refractivity contribution in [1.29, 1.82) is 0 Å². The fraction of sp³-hybridized carbons (Fsp3) is 0.593. The van der Waals surface area contributed by atoms with Crippen molar-refractivity contribution in [2.75, 3.05) is 54.8 Å². The van der Waals surface area contributed by atoms with Gasteiger partial charge in [0.2, 0.25) is 5.95 Å². The van der Waals surface area contributed by atoms with Gasteiger partial charge in [-0.2, -0.15) is 4.98 Å². The Morgan fingerprint density at radius 1 is 0.892 bits per heavy atom. The molecule has 3 fully saturated rings. The Hall–Kier alpha value is -2.29. The number of urea groups is 1. The molecule has 5 rings (SSSR count). The molecule has 2 N–H and O–H groups in total. The van der Waals surface area contributed by atoms with Crippen molar-refractivity contribution in [3.8, 4) is 0 Å². The lowest BCUT2D eigenvalue weighted by atomic mass is 9.98. The third kappa shape index (κ3) is 7.18. The number of benzene rings is 1. The summed E-state index contributed by atoms with van der Waals surface area (Å²) in [6, 6.07) is 7.84. The fourth-order valence-electron chi connectivity index (χ4n) is 5.80. The van der Waals surface area contributed by atoms with E-state index in [2.05, 4.69) is 25.4 Å². The zero-order valence-electron chi connectivity index (χ0n) is 21.3. The molecule has 8 nitrogen and oxygen atoms in total. The monoisotopic (exact) mass is 545 g/mol. The molecule has 0 aliphatic carbocycles. The van der Waals surface area contributed by atoms with Gasteiger partial charge in [0.15, 0.2) is 0 Å². The van der Waals surface area contributed by atoms with Crippen LogP contribution in [0, 0.1) is 0 Å². The standard InChI is InChI=1S/C27H37Cl2N7O/c28-20-16-21(29)18-23(17-20)32-27(37)35-14-8-24(9-15-35)36-13-5-6-22(19-36)31-26-30-10-7-25(33-26)34-11-3-1-2-4-12-34/h7,10,16-18,22,24H,1-6,8-9,11-15,19H2,(H,32,37)(H,30,31,33). The molecule has 1 atom stereocenters. The summed E-state index contributed by atoms with van der Waals surface area (Å²) in [5, 5.41) is 7.57. The Balaban J connectivity index is 1.11. The molecule has 1 aromatic carbocycles. The predicted octanol–water partition coefficient (Wildman–Crippen LogP) is 5.74. The summed E-state index contributed by atoms with van der Waals surface area (Å²) < 4.78 is 0. The summed E-state index contributed by atoms with van der Waals surface area (Å²) in [4.78, 5) is 29.0. The van der Waals surface area contributed by atoms with Crippen molar-refractivity contribution in [2.45, 2.75) is 63.5 Å². The average molecular weight is 547 g/mol. The number of amides is 2. The summed E-state index contributed by atoms with van der Waals surface area (Å²) in [5.74, 6) is 1.78. The van der Waals surface area contributed by atoms with Gasteiger partial charge in [0.05, 0.1) is 0 Å². The zero-order chi connectivity index (χ0) is 25.6. The highest BCUT2D eigenvalue weighted by atomic mass is 35.5. The van der Waals surface area contributed by atoms with Crippen LogP contribution in [0.3, 0.4) is 0 Å². The maximum atomic E-state index is 12.8. The first kappa shape index (κ1) is 26.3.